The first-order valence-electron chi connectivity index (χ1n) is 6.69. The first-order chi connectivity index (χ1) is 8.63. The molecule has 0 aliphatic heterocycles. The number of amides is 1. The Morgan fingerprint density at radius 1 is 1.28 bits per heavy atom. The summed E-state index contributed by atoms with van der Waals surface area (Å²) in [6, 6.07) is 5.81. The minimum absolute atomic E-state index is 0.0290. The Morgan fingerprint density at radius 3 is 2.50 bits per heavy atom. The summed E-state index contributed by atoms with van der Waals surface area (Å²) in [5.74, 6) is 0.659. The van der Waals surface area contributed by atoms with Gasteiger partial charge in [0.1, 0.15) is 0 Å². The van der Waals surface area contributed by atoms with Crippen LogP contribution < -0.4 is 10.6 Å². The topological polar surface area (TPSA) is 41.1 Å². The van der Waals surface area contributed by atoms with Crippen LogP contribution in [0.3, 0.4) is 0 Å². The molecule has 0 spiro atoms. The molecule has 18 heavy (non-hydrogen) atoms. The largest absolute Gasteiger partial charge is 0.385 e. The average Bonchev–Trinajstić information content (AvgIpc) is 2.40. The maximum atomic E-state index is 11.7. The Balaban J connectivity index is 2.81. The van der Waals surface area contributed by atoms with Gasteiger partial charge in [-0.05, 0) is 30.5 Å². The molecule has 0 aromatic heterocycles. The van der Waals surface area contributed by atoms with Gasteiger partial charge >= 0.3 is 0 Å². The molecule has 1 amide bonds. The van der Waals surface area contributed by atoms with Gasteiger partial charge < -0.3 is 10.6 Å². The molecule has 0 radical (unpaired) electrons. The van der Waals surface area contributed by atoms with Gasteiger partial charge in [0.25, 0.3) is 5.91 Å². The maximum Gasteiger partial charge on any atom is 0.251 e. The van der Waals surface area contributed by atoms with Crippen LogP contribution in [-0.2, 0) is 0 Å². The minimum Gasteiger partial charge on any atom is -0.385 e. The number of carbonyl (C=O) groups excluding carboxylic acids is 1. The first kappa shape index (κ1) is 14.6. The molecule has 3 nitrogen and oxygen atoms in total. The molecule has 0 aliphatic carbocycles. The molecule has 0 atom stereocenters. The lowest BCUT2D eigenvalue weighted by Gasteiger charge is -2.17. The molecular formula is C15H24N2O. The summed E-state index contributed by atoms with van der Waals surface area (Å²) < 4.78 is 0. The van der Waals surface area contributed by atoms with Crippen molar-refractivity contribution in [2.45, 2.75) is 33.6 Å². The van der Waals surface area contributed by atoms with E-state index in [1.165, 1.54) is 12.8 Å². The molecule has 100 valence electrons. The Morgan fingerprint density at radius 2 is 1.94 bits per heavy atom. The Bertz CT molecular complexity index is 397. The number of anilines is 1. The molecule has 1 aromatic rings. The molecular weight excluding hydrogens is 224 g/mol. The van der Waals surface area contributed by atoms with Gasteiger partial charge in [-0.1, -0.05) is 32.8 Å². The van der Waals surface area contributed by atoms with Crippen molar-refractivity contribution in [3.63, 3.8) is 0 Å². The number of hydrogen-bond donors (Lipinski definition) is 2. The van der Waals surface area contributed by atoms with Crippen molar-refractivity contribution in [1.29, 1.82) is 0 Å². The van der Waals surface area contributed by atoms with Gasteiger partial charge in [0, 0.05) is 24.8 Å². The van der Waals surface area contributed by atoms with Crippen LogP contribution in [0.2, 0.25) is 0 Å². The maximum absolute atomic E-state index is 11.7. The average molecular weight is 248 g/mol. The molecule has 3 heteroatoms. The third-order valence-electron chi connectivity index (χ3n) is 3.54. The molecule has 0 saturated heterocycles. The van der Waals surface area contributed by atoms with E-state index in [1.54, 1.807) is 7.05 Å². The first-order valence-corrected chi connectivity index (χ1v) is 6.69. The fourth-order valence-electron chi connectivity index (χ4n) is 2.04. The van der Waals surface area contributed by atoms with Gasteiger partial charge in [-0.25, -0.2) is 0 Å². The Labute approximate surface area is 110 Å². The van der Waals surface area contributed by atoms with Crippen LogP contribution in [0.5, 0.6) is 0 Å². The summed E-state index contributed by atoms with van der Waals surface area (Å²) in [7, 11) is 1.66. The molecule has 1 aromatic carbocycles. The highest BCUT2D eigenvalue weighted by Crippen LogP contribution is 2.20. The highest BCUT2D eigenvalue weighted by Gasteiger charge is 2.10. The van der Waals surface area contributed by atoms with Crippen LogP contribution in [0.25, 0.3) is 0 Å². The summed E-state index contributed by atoms with van der Waals surface area (Å²) in [5, 5.41) is 6.12. The van der Waals surface area contributed by atoms with Gasteiger partial charge in [-0.15, -0.1) is 0 Å². The fourth-order valence-corrected chi connectivity index (χ4v) is 2.04. The summed E-state index contributed by atoms with van der Waals surface area (Å²) in [4.78, 5) is 11.7. The highest BCUT2D eigenvalue weighted by atomic mass is 16.1. The van der Waals surface area contributed by atoms with E-state index in [0.29, 0.717) is 5.92 Å². The SMILES string of the molecule is CCC(CC)CNc1cccc(C(=O)NC)c1C. The summed E-state index contributed by atoms with van der Waals surface area (Å²) in [6.07, 6.45) is 2.36. The zero-order valence-corrected chi connectivity index (χ0v) is 11.8. The fraction of sp³-hybridized carbons (Fsp3) is 0.533. The third kappa shape index (κ3) is 3.49. The van der Waals surface area contributed by atoms with Gasteiger partial charge in [0.15, 0.2) is 0 Å². The van der Waals surface area contributed by atoms with Crippen LogP contribution in [0.15, 0.2) is 18.2 Å². The second-order valence-electron chi connectivity index (χ2n) is 4.62. The molecule has 0 aliphatic rings. The lowest BCUT2D eigenvalue weighted by atomic mass is 10.0. The predicted molar refractivity (Wildman–Crippen MR) is 77.1 cm³/mol. The third-order valence-corrected chi connectivity index (χ3v) is 3.54. The second kappa shape index (κ2) is 7.04. The van der Waals surface area contributed by atoms with E-state index in [4.69, 9.17) is 0 Å². The van der Waals surface area contributed by atoms with Crippen molar-refractivity contribution < 1.29 is 4.79 Å². The van der Waals surface area contributed by atoms with E-state index in [0.717, 1.165) is 23.4 Å². The minimum atomic E-state index is -0.0290. The highest BCUT2D eigenvalue weighted by molar-refractivity contribution is 5.96. The van der Waals surface area contributed by atoms with Gasteiger partial charge in [-0.2, -0.15) is 0 Å². The van der Waals surface area contributed by atoms with E-state index < -0.39 is 0 Å². The van der Waals surface area contributed by atoms with Crippen molar-refractivity contribution in [1.82, 2.24) is 5.32 Å². The molecule has 1 rings (SSSR count). The summed E-state index contributed by atoms with van der Waals surface area (Å²) >= 11 is 0. The number of hydrogen-bond acceptors (Lipinski definition) is 2. The Hall–Kier alpha value is -1.51. The zero-order valence-electron chi connectivity index (χ0n) is 11.8. The second-order valence-corrected chi connectivity index (χ2v) is 4.62. The van der Waals surface area contributed by atoms with Crippen molar-refractivity contribution in [3.05, 3.63) is 29.3 Å². The van der Waals surface area contributed by atoms with E-state index in [9.17, 15) is 4.79 Å². The molecule has 2 N–H and O–H groups in total. The Kier molecular flexibility index (Phi) is 5.69. The molecule has 0 heterocycles. The summed E-state index contributed by atoms with van der Waals surface area (Å²) in [6.45, 7) is 7.37. The monoisotopic (exact) mass is 248 g/mol. The molecule has 0 fully saturated rings. The number of carbonyl (C=O) groups is 1. The van der Waals surface area contributed by atoms with Gasteiger partial charge in [0.2, 0.25) is 0 Å². The van der Waals surface area contributed by atoms with E-state index in [1.807, 2.05) is 25.1 Å². The van der Waals surface area contributed by atoms with E-state index in [-0.39, 0.29) is 5.91 Å². The standard InChI is InChI=1S/C15H24N2O/c1-5-12(6-2)10-17-14-9-7-8-13(11(14)3)15(18)16-4/h7-9,12,17H,5-6,10H2,1-4H3,(H,16,18). The van der Waals surface area contributed by atoms with E-state index in [2.05, 4.69) is 24.5 Å². The van der Waals surface area contributed by atoms with Crippen LogP contribution in [0.4, 0.5) is 5.69 Å². The summed E-state index contributed by atoms with van der Waals surface area (Å²) in [5.41, 5.74) is 2.82. The van der Waals surface area contributed by atoms with Crippen LogP contribution in [0.1, 0.15) is 42.6 Å². The van der Waals surface area contributed by atoms with Gasteiger partial charge in [0.05, 0.1) is 0 Å². The number of rotatable bonds is 6. The van der Waals surface area contributed by atoms with Crippen molar-refractivity contribution in [3.8, 4) is 0 Å². The van der Waals surface area contributed by atoms with Crippen LogP contribution in [-0.4, -0.2) is 19.5 Å². The number of benzene rings is 1. The van der Waals surface area contributed by atoms with Gasteiger partial charge in [-0.3, -0.25) is 4.79 Å². The smallest absolute Gasteiger partial charge is 0.251 e. The lowest BCUT2D eigenvalue weighted by molar-refractivity contribution is 0.0962. The normalized spacial score (nSPS) is 10.5. The lowest BCUT2D eigenvalue weighted by Crippen LogP contribution is -2.20. The molecule has 0 unspecified atom stereocenters. The predicted octanol–water partition coefficient (Wildman–Crippen LogP) is 3.20. The van der Waals surface area contributed by atoms with Crippen molar-refractivity contribution in [2.24, 2.45) is 5.92 Å². The zero-order chi connectivity index (χ0) is 13.5. The number of nitrogens with one attached hydrogen (secondary N) is 2. The van der Waals surface area contributed by atoms with E-state index >= 15 is 0 Å². The molecule has 0 bridgehead atoms. The van der Waals surface area contributed by atoms with Crippen molar-refractivity contribution >= 4 is 11.6 Å². The van der Waals surface area contributed by atoms with Crippen LogP contribution in [0, 0.1) is 12.8 Å². The van der Waals surface area contributed by atoms with Crippen LogP contribution >= 0.6 is 0 Å². The van der Waals surface area contributed by atoms with Crippen molar-refractivity contribution in [2.75, 3.05) is 18.9 Å². The quantitative estimate of drug-likeness (QED) is 0.811. The molecule has 0 saturated carbocycles.